The standard InChI is InChI=1S/C16H23NO2/c1-13(2)10-15(18)17-16(3,4)12-19-11-14-8-6-5-7-9-14/h5-10H,11-12H2,1-4H3,(H,17,18). The monoisotopic (exact) mass is 261 g/mol. The van der Waals surface area contributed by atoms with Gasteiger partial charge in [0.05, 0.1) is 18.8 Å². The van der Waals surface area contributed by atoms with Crippen LogP contribution in [-0.4, -0.2) is 18.1 Å². The van der Waals surface area contributed by atoms with E-state index in [4.69, 9.17) is 4.74 Å². The van der Waals surface area contributed by atoms with Crippen molar-refractivity contribution in [1.82, 2.24) is 5.32 Å². The van der Waals surface area contributed by atoms with E-state index in [-0.39, 0.29) is 11.4 Å². The highest BCUT2D eigenvalue weighted by Crippen LogP contribution is 2.07. The van der Waals surface area contributed by atoms with E-state index in [0.717, 1.165) is 11.1 Å². The van der Waals surface area contributed by atoms with Crippen LogP contribution in [0.3, 0.4) is 0 Å². The quantitative estimate of drug-likeness (QED) is 0.799. The van der Waals surface area contributed by atoms with E-state index in [1.807, 2.05) is 58.0 Å². The van der Waals surface area contributed by atoms with Crippen molar-refractivity contribution in [2.75, 3.05) is 6.61 Å². The van der Waals surface area contributed by atoms with Gasteiger partial charge in [-0.25, -0.2) is 0 Å². The van der Waals surface area contributed by atoms with Crippen molar-refractivity contribution < 1.29 is 9.53 Å². The van der Waals surface area contributed by atoms with Gasteiger partial charge in [-0.2, -0.15) is 0 Å². The van der Waals surface area contributed by atoms with E-state index >= 15 is 0 Å². The molecule has 19 heavy (non-hydrogen) atoms. The molecule has 0 fully saturated rings. The molecular weight excluding hydrogens is 238 g/mol. The molecule has 0 radical (unpaired) electrons. The van der Waals surface area contributed by atoms with Crippen LogP contribution in [-0.2, 0) is 16.1 Å². The minimum atomic E-state index is -0.377. The zero-order valence-corrected chi connectivity index (χ0v) is 12.2. The Balaban J connectivity index is 2.38. The van der Waals surface area contributed by atoms with Gasteiger partial charge in [0.2, 0.25) is 5.91 Å². The van der Waals surface area contributed by atoms with Gasteiger partial charge in [-0.3, -0.25) is 4.79 Å². The number of nitrogens with one attached hydrogen (secondary N) is 1. The third-order valence-corrected chi connectivity index (χ3v) is 2.46. The fraction of sp³-hybridized carbons (Fsp3) is 0.438. The van der Waals surface area contributed by atoms with E-state index in [9.17, 15) is 4.79 Å². The molecule has 0 aliphatic carbocycles. The van der Waals surface area contributed by atoms with Crippen molar-refractivity contribution in [3.05, 3.63) is 47.5 Å². The van der Waals surface area contributed by atoms with Crippen LogP contribution in [0.2, 0.25) is 0 Å². The second-order valence-electron chi connectivity index (χ2n) is 5.57. The molecule has 0 aliphatic heterocycles. The van der Waals surface area contributed by atoms with Crippen LogP contribution in [0.5, 0.6) is 0 Å². The Bertz CT molecular complexity index is 431. The Morgan fingerprint density at radius 1 is 1.26 bits per heavy atom. The second kappa shape index (κ2) is 7.10. The molecule has 0 atom stereocenters. The molecule has 0 heterocycles. The van der Waals surface area contributed by atoms with Crippen molar-refractivity contribution in [3.8, 4) is 0 Å². The van der Waals surface area contributed by atoms with Crippen molar-refractivity contribution in [2.45, 2.75) is 39.8 Å². The van der Waals surface area contributed by atoms with E-state index in [2.05, 4.69) is 5.32 Å². The molecule has 1 aromatic rings. The maximum absolute atomic E-state index is 11.7. The first-order chi connectivity index (χ1) is 8.89. The molecule has 1 amide bonds. The predicted octanol–water partition coefficient (Wildman–Crippen LogP) is 3.06. The van der Waals surface area contributed by atoms with Gasteiger partial charge in [0.1, 0.15) is 0 Å². The number of rotatable bonds is 6. The average Bonchev–Trinajstić information content (AvgIpc) is 2.27. The minimum absolute atomic E-state index is 0.0756. The summed E-state index contributed by atoms with van der Waals surface area (Å²) in [5, 5.41) is 2.93. The first-order valence-electron chi connectivity index (χ1n) is 6.48. The second-order valence-corrected chi connectivity index (χ2v) is 5.57. The topological polar surface area (TPSA) is 38.3 Å². The summed E-state index contributed by atoms with van der Waals surface area (Å²) in [6.45, 7) is 8.74. The Hall–Kier alpha value is -1.61. The molecule has 0 saturated carbocycles. The maximum Gasteiger partial charge on any atom is 0.244 e. The molecular formula is C16H23NO2. The Morgan fingerprint density at radius 2 is 1.89 bits per heavy atom. The number of carbonyl (C=O) groups excluding carboxylic acids is 1. The zero-order chi connectivity index (χ0) is 14.3. The van der Waals surface area contributed by atoms with E-state index in [1.54, 1.807) is 6.08 Å². The van der Waals surface area contributed by atoms with Crippen LogP contribution in [0, 0.1) is 0 Å². The Labute approximate surface area is 115 Å². The van der Waals surface area contributed by atoms with Crippen molar-refractivity contribution in [1.29, 1.82) is 0 Å². The van der Waals surface area contributed by atoms with Crippen molar-refractivity contribution in [2.24, 2.45) is 0 Å². The first-order valence-corrected chi connectivity index (χ1v) is 6.48. The highest BCUT2D eigenvalue weighted by molar-refractivity contribution is 5.88. The normalized spacial score (nSPS) is 10.9. The average molecular weight is 261 g/mol. The van der Waals surface area contributed by atoms with Gasteiger partial charge in [-0.05, 0) is 33.3 Å². The Kier molecular flexibility index (Phi) is 5.77. The fourth-order valence-corrected chi connectivity index (χ4v) is 1.67. The molecule has 104 valence electrons. The van der Waals surface area contributed by atoms with Gasteiger partial charge in [-0.1, -0.05) is 35.9 Å². The van der Waals surface area contributed by atoms with E-state index in [0.29, 0.717) is 13.2 Å². The molecule has 0 spiro atoms. The number of hydrogen-bond donors (Lipinski definition) is 1. The van der Waals surface area contributed by atoms with Gasteiger partial charge < -0.3 is 10.1 Å². The number of hydrogen-bond acceptors (Lipinski definition) is 2. The molecule has 1 N–H and O–H groups in total. The zero-order valence-electron chi connectivity index (χ0n) is 12.2. The van der Waals surface area contributed by atoms with Crippen molar-refractivity contribution in [3.63, 3.8) is 0 Å². The summed E-state index contributed by atoms with van der Waals surface area (Å²) in [7, 11) is 0. The van der Waals surface area contributed by atoms with Gasteiger partial charge >= 0.3 is 0 Å². The third kappa shape index (κ3) is 6.77. The smallest absolute Gasteiger partial charge is 0.244 e. The Morgan fingerprint density at radius 3 is 2.47 bits per heavy atom. The van der Waals surface area contributed by atoms with Crippen molar-refractivity contribution >= 4 is 5.91 Å². The fourth-order valence-electron chi connectivity index (χ4n) is 1.67. The highest BCUT2D eigenvalue weighted by Gasteiger charge is 2.19. The molecule has 3 nitrogen and oxygen atoms in total. The molecule has 1 rings (SSSR count). The highest BCUT2D eigenvalue weighted by atomic mass is 16.5. The van der Waals surface area contributed by atoms with Crippen LogP contribution in [0.1, 0.15) is 33.3 Å². The molecule has 1 aromatic carbocycles. The summed E-state index contributed by atoms with van der Waals surface area (Å²) in [6.07, 6.45) is 1.60. The van der Waals surface area contributed by atoms with E-state index in [1.165, 1.54) is 0 Å². The molecule has 0 aliphatic rings. The summed E-state index contributed by atoms with van der Waals surface area (Å²) < 4.78 is 5.65. The van der Waals surface area contributed by atoms with Gasteiger partial charge in [0.25, 0.3) is 0 Å². The summed E-state index contributed by atoms with van der Waals surface area (Å²) in [4.78, 5) is 11.7. The van der Waals surface area contributed by atoms with Gasteiger partial charge in [0.15, 0.2) is 0 Å². The van der Waals surface area contributed by atoms with Crippen LogP contribution in [0.4, 0.5) is 0 Å². The summed E-state index contributed by atoms with van der Waals surface area (Å²) in [5.41, 5.74) is 1.74. The molecule has 0 saturated heterocycles. The number of amides is 1. The number of ether oxygens (including phenoxy) is 1. The third-order valence-electron chi connectivity index (χ3n) is 2.46. The number of allylic oxidation sites excluding steroid dienone is 1. The van der Waals surface area contributed by atoms with Crippen LogP contribution in [0.15, 0.2) is 42.0 Å². The molecule has 0 aromatic heterocycles. The largest absolute Gasteiger partial charge is 0.374 e. The van der Waals surface area contributed by atoms with Gasteiger partial charge in [-0.15, -0.1) is 0 Å². The number of carbonyl (C=O) groups is 1. The van der Waals surface area contributed by atoms with E-state index < -0.39 is 0 Å². The predicted molar refractivity (Wildman–Crippen MR) is 77.8 cm³/mol. The minimum Gasteiger partial charge on any atom is -0.374 e. The van der Waals surface area contributed by atoms with Gasteiger partial charge in [0, 0.05) is 6.08 Å². The van der Waals surface area contributed by atoms with Crippen LogP contribution >= 0.6 is 0 Å². The van der Waals surface area contributed by atoms with Crippen LogP contribution in [0.25, 0.3) is 0 Å². The summed E-state index contributed by atoms with van der Waals surface area (Å²) in [5.74, 6) is -0.0756. The molecule has 3 heteroatoms. The lowest BCUT2D eigenvalue weighted by Gasteiger charge is -2.25. The van der Waals surface area contributed by atoms with Crippen LogP contribution < -0.4 is 5.32 Å². The molecule has 0 unspecified atom stereocenters. The SMILES string of the molecule is CC(C)=CC(=O)NC(C)(C)COCc1ccccc1. The lowest BCUT2D eigenvalue weighted by atomic mass is 10.1. The first kappa shape index (κ1) is 15.4. The molecule has 0 bridgehead atoms. The lowest BCUT2D eigenvalue weighted by Crippen LogP contribution is -2.46. The summed E-state index contributed by atoms with van der Waals surface area (Å²) in [6, 6.07) is 10.00. The summed E-state index contributed by atoms with van der Waals surface area (Å²) >= 11 is 0. The lowest BCUT2D eigenvalue weighted by molar-refractivity contribution is -0.118. The maximum atomic E-state index is 11.7. The number of benzene rings is 1.